The number of allylic oxidation sites excluding steroid dienone is 2. The number of unbranched alkanes of at least 4 members (excludes halogenated alkanes) is 1. The molecule has 1 rings (SSSR count). The van der Waals surface area contributed by atoms with Crippen molar-refractivity contribution in [3.05, 3.63) is 54.1 Å². The van der Waals surface area contributed by atoms with Gasteiger partial charge in [0.05, 0.1) is 14.1 Å². The van der Waals surface area contributed by atoms with E-state index in [-0.39, 0.29) is 0 Å². The molecular formula is C18H28N+. The first-order chi connectivity index (χ1) is 8.92. The predicted molar refractivity (Wildman–Crippen MR) is 87.4 cm³/mol. The normalized spacial score (nSPS) is 12.5. The zero-order chi connectivity index (χ0) is 14.3. The van der Waals surface area contributed by atoms with E-state index in [1.807, 2.05) is 0 Å². The summed E-state index contributed by atoms with van der Waals surface area (Å²) in [6.07, 6.45) is 5.89. The van der Waals surface area contributed by atoms with Crippen molar-refractivity contribution in [1.29, 1.82) is 0 Å². The molecule has 1 heteroatoms. The Labute approximate surface area is 118 Å². The zero-order valence-corrected chi connectivity index (χ0v) is 12.9. The topological polar surface area (TPSA) is 0 Å². The van der Waals surface area contributed by atoms with Crippen LogP contribution in [0.1, 0.15) is 33.1 Å². The summed E-state index contributed by atoms with van der Waals surface area (Å²) < 4.78 is 0.906. The Balaban J connectivity index is 2.53. The SMILES string of the molecule is C=C(C)CCC/C=C(\C)C[N+](C)(C)c1ccccc1. The second-order valence-corrected chi connectivity index (χ2v) is 6.08. The third kappa shape index (κ3) is 5.89. The van der Waals surface area contributed by atoms with Gasteiger partial charge in [0.25, 0.3) is 0 Å². The molecule has 0 heterocycles. The van der Waals surface area contributed by atoms with Gasteiger partial charge in [-0.05, 0) is 50.8 Å². The van der Waals surface area contributed by atoms with Gasteiger partial charge in [-0.15, -0.1) is 6.58 Å². The molecule has 0 atom stereocenters. The fourth-order valence-electron chi connectivity index (χ4n) is 2.36. The summed E-state index contributed by atoms with van der Waals surface area (Å²) in [6.45, 7) is 9.36. The second-order valence-electron chi connectivity index (χ2n) is 6.08. The quantitative estimate of drug-likeness (QED) is 0.369. The van der Waals surface area contributed by atoms with E-state index < -0.39 is 0 Å². The lowest BCUT2D eigenvalue weighted by Crippen LogP contribution is -2.41. The highest BCUT2D eigenvalue weighted by atomic mass is 15.3. The minimum absolute atomic E-state index is 0.906. The van der Waals surface area contributed by atoms with Crippen LogP contribution in [0.4, 0.5) is 5.69 Å². The molecule has 0 aromatic heterocycles. The number of likely N-dealkylation sites (N-methyl/N-ethyl adjacent to an activating group) is 1. The van der Waals surface area contributed by atoms with Crippen LogP contribution in [0.25, 0.3) is 0 Å². The maximum Gasteiger partial charge on any atom is 0.132 e. The van der Waals surface area contributed by atoms with Crippen molar-refractivity contribution >= 4 is 5.69 Å². The van der Waals surface area contributed by atoms with Gasteiger partial charge in [-0.1, -0.05) is 29.8 Å². The van der Waals surface area contributed by atoms with Crippen LogP contribution in [-0.4, -0.2) is 20.6 Å². The third-order valence-electron chi connectivity index (χ3n) is 3.40. The van der Waals surface area contributed by atoms with Crippen molar-refractivity contribution in [3.8, 4) is 0 Å². The van der Waals surface area contributed by atoms with Crippen molar-refractivity contribution in [1.82, 2.24) is 4.48 Å². The summed E-state index contributed by atoms with van der Waals surface area (Å²) in [5.74, 6) is 0. The van der Waals surface area contributed by atoms with Crippen molar-refractivity contribution in [2.24, 2.45) is 0 Å². The molecule has 0 aliphatic carbocycles. The number of hydrogen-bond acceptors (Lipinski definition) is 0. The highest BCUT2D eigenvalue weighted by Crippen LogP contribution is 2.20. The minimum Gasteiger partial charge on any atom is -0.293 e. The fourth-order valence-corrected chi connectivity index (χ4v) is 2.36. The van der Waals surface area contributed by atoms with E-state index in [0.717, 1.165) is 23.9 Å². The first-order valence-corrected chi connectivity index (χ1v) is 7.10. The van der Waals surface area contributed by atoms with E-state index in [1.165, 1.54) is 23.3 Å². The molecule has 1 aromatic carbocycles. The van der Waals surface area contributed by atoms with Crippen molar-refractivity contribution < 1.29 is 0 Å². The summed E-state index contributed by atoms with van der Waals surface area (Å²) in [7, 11) is 4.53. The van der Waals surface area contributed by atoms with Crippen LogP contribution in [0.3, 0.4) is 0 Å². The number of nitrogens with zero attached hydrogens (tertiary/aromatic N) is 1. The Morgan fingerprint density at radius 3 is 2.37 bits per heavy atom. The van der Waals surface area contributed by atoms with Crippen LogP contribution in [0.5, 0.6) is 0 Å². The largest absolute Gasteiger partial charge is 0.293 e. The average molecular weight is 258 g/mol. The van der Waals surface area contributed by atoms with E-state index >= 15 is 0 Å². The predicted octanol–water partition coefficient (Wildman–Crippen LogP) is 4.95. The van der Waals surface area contributed by atoms with Gasteiger partial charge in [-0.2, -0.15) is 0 Å². The van der Waals surface area contributed by atoms with Crippen LogP contribution >= 0.6 is 0 Å². The summed E-state index contributed by atoms with van der Waals surface area (Å²) in [5.41, 5.74) is 4.11. The van der Waals surface area contributed by atoms with Gasteiger partial charge >= 0.3 is 0 Å². The van der Waals surface area contributed by atoms with E-state index in [9.17, 15) is 0 Å². The standard InChI is InChI=1S/C18H28N/c1-16(2)11-9-10-12-17(3)15-19(4,5)18-13-7-6-8-14-18/h6-8,12-14H,1,9-11,15H2,2-5H3/q+1/b17-12+. The molecule has 1 aromatic rings. The van der Waals surface area contributed by atoms with Crippen molar-refractivity contribution in [2.45, 2.75) is 33.1 Å². The molecule has 0 bridgehead atoms. The van der Waals surface area contributed by atoms with Crippen LogP contribution in [0.2, 0.25) is 0 Å². The van der Waals surface area contributed by atoms with Crippen LogP contribution < -0.4 is 4.48 Å². The lowest BCUT2D eigenvalue weighted by atomic mass is 10.1. The molecule has 104 valence electrons. The molecule has 0 aliphatic rings. The summed E-state index contributed by atoms with van der Waals surface area (Å²) >= 11 is 0. The van der Waals surface area contributed by atoms with E-state index in [1.54, 1.807) is 0 Å². The van der Waals surface area contributed by atoms with Gasteiger partial charge in [-0.25, -0.2) is 0 Å². The maximum atomic E-state index is 3.95. The Bertz CT molecular complexity index is 426. The maximum absolute atomic E-state index is 3.95. The highest BCUT2D eigenvalue weighted by molar-refractivity contribution is 5.42. The summed E-state index contributed by atoms with van der Waals surface area (Å²) in [5, 5.41) is 0. The Morgan fingerprint density at radius 1 is 1.16 bits per heavy atom. The number of rotatable bonds is 7. The first kappa shape index (κ1) is 15.7. The van der Waals surface area contributed by atoms with Crippen molar-refractivity contribution in [3.63, 3.8) is 0 Å². The van der Waals surface area contributed by atoms with Crippen LogP contribution in [0.15, 0.2) is 54.1 Å². The molecule has 0 spiro atoms. The monoisotopic (exact) mass is 258 g/mol. The van der Waals surface area contributed by atoms with E-state index in [2.05, 4.69) is 70.9 Å². The van der Waals surface area contributed by atoms with Gasteiger partial charge in [0.15, 0.2) is 0 Å². The summed E-state index contributed by atoms with van der Waals surface area (Å²) in [6, 6.07) is 10.7. The highest BCUT2D eigenvalue weighted by Gasteiger charge is 2.18. The van der Waals surface area contributed by atoms with Crippen molar-refractivity contribution in [2.75, 3.05) is 20.6 Å². The van der Waals surface area contributed by atoms with Gasteiger partial charge in [0.2, 0.25) is 0 Å². The lowest BCUT2D eigenvalue weighted by molar-refractivity contribution is 0.431. The zero-order valence-electron chi connectivity index (χ0n) is 12.9. The van der Waals surface area contributed by atoms with E-state index in [0.29, 0.717) is 0 Å². The summed E-state index contributed by atoms with van der Waals surface area (Å²) in [4.78, 5) is 0. The molecule has 19 heavy (non-hydrogen) atoms. The first-order valence-electron chi connectivity index (χ1n) is 7.10. The van der Waals surface area contributed by atoms with Gasteiger partial charge in [0, 0.05) is 0 Å². The second kappa shape index (κ2) is 7.30. The molecule has 0 radical (unpaired) electrons. The third-order valence-corrected chi connectivity index (χ3v) is 3.40. The molecule has 0 N–H and O–H groups in total. The number of para-hydroxylation sites is 1. The Morgan fingerprint density at radius 2 is 1.79 bits per heavy atom. The lowest BCUT2D eigenvalue weighted by Gasteiger charge is -2.29. The molecule has 1 nitrogen and oxygen atoms in total. The van der Waals surface area contributed by atoms with Gasteiger partial charge in [-0.3, -0.25) is 4.48 Å². The van der Waals surface area contributed by atoms with Gasteiger partial charge in [0.1, 0.15) is 12.2 Å². The molecule has 0 fully saturated rings. The number of quaternary nitrogens is 1. The average Bonchev–Trinajstić information content (AvgIpc) is 2.35. The Hall–Kier alpha value is -1.34. The molecule has 0 saturated heterocycles. The molecule has 0 unspecified atom stereocenters. The van der Waals surface area contributed by atoms with E-state index in [4.69, 9.17) is 0 Å². The molecular weight excluding hydrogens is 230 g/mol. The molecule has 0 saturated carbocycles. The Kier molecular flexibility index (Phi) is 6.04. The minimum atomic E-state index is 0.906. The number of benzene rings is 1. The van der Waals surface area contributed by atoms with Crippen LogP contribution in [-0.2, 0) is 0 Å². The van der Waals surface area contributed by atoms with Crippen LogP contribution in [0, 0.1) is 0 Å². The smallest absolute Gasteiger partial charge is 0.132 e. The fraction of sp³-hybridized carbons (Fsp3) is 0.444. The molecule has 0 amide bonds. The van der Waals surface area contributed by atoms with Gasteiger partial charge < -0.3 is 0 Å². The number of hydrogen-bond donors (Lipinski definition) is 0. The molecule has 0 aliphatic heterocycles.